The number of hydrogen-bond donors (Lipinski definition) is 0. The molecule has 4 aromatic carbocycles. The number of esters is 3. The van der Waals surface area contributed by atoms with Crippen LogP contribution in [0.4, 0.5) is 0 Å². The molecule has 9 nitrogen and oxygen atoms in total. The Morgan fingerprint density at radius 1 is 0.400 bits per heavy atom. The van der Waals surface area contributed by atoms with Crippen molar-refractivity contribution in [2.75, 3.05) is 0 Å². The van der Waals surface area contributed by atoms with Gasteiger partial charge in [-0.2, -0.15) is 0 Å². The highest BCUT2D eigenvalue weighted by Crippen LogP contribution is 2.28. The van der Waals surface area contributed by atoms with Crippen LogP contribution in [-0.4, -0.2) is 51.7 Å². The van der Waals surface area contributed by atoms with Crippen molar-refractivity contribution in [3.63, 3.8) is 0 Å². The zero-order chi connectivity index (χ0) is 40.8. The SMILES string of the molecule is C=C(C)C(=O)Oc1ccc([Si](C)(C)O[Si](O[Si](C)(C)c2ccc(OC(=O)C(=C)C)cc2)(O[Si](C)(C)c2ccc(OC(=O)C(=C)C)cc2)c2ccccc2)cc1. The molecule has 288 valence electrons. The molecule has 0 saturated carbocycles. The second-order valence-electron chi connectivity index (χ2n) is 14.8. The second kappa shape index (κ2) is 17.4. The minimum Gasteiger partial charge on any atom is -0.423 e. The van der Waals surface area contributed by atoms with Crippen molar-refractivity contribution in [2.45, 2.75) is 60.1 Å². The van der Waals surface area contributed by atoms with E-state index in [1.807, 2.05) is 66.7 Å². The van der Waals surface area contributed by atoms with Crippen molar-refractivity contribution in [1.82, 2.24) is 0 Å². The molecule has 0 saturated heterocycles. The van der Waals surface area contributed by atoms with Crippen LogP contribution in [0.5, 0.6) is 17.2 Å². The van der Waals surface area contributed by atoms with E-state index < -0.39 is 51.7 Å². The molecule has 13 heteroatoms. The van der Waals surface area contributed by atoms with Crippen LogP contribution < -0.4 is 35.0 Å². The first-order chi connectivity index (χ1) is 25.6. The molecule has 0 atom stereocenters. The summed E-state index contributed by atoms with van der Waals surface area (Å²) in [4.78, 5) is 36.6. The lowest BCUT2D eigenvalue weighted by atomic mass is 10.3. The lowest BCUT2D eigenvalue weighted by Crippen LogP contribution is -2.72. The number of rotatable bonds is 16. The summed E-state index contributed by atoms with van der Waals surface area (Å²) in [5, 5.41) is 3.62. The van der Waals surface area contributed by atoms with Crippen LogP contribution in [0.2, 0.25) is 39.3 Å². The maximum absolute atomic E-state index is 12.2. The fraction of sp³-hybridized carbons (Fsp3) is 0.214. The van der Waals surface area contributed by atoms with Crippen LogP contribution in [0, 0.1) is 0 Å². The number of ether oxygens (including phenoxy) is 3. The third kappa shape index (κ3) is 11.2. The van der Waals surface area contributed by atoms with Crippen molar-refractivity contribution >= 4 is 72.4 Å². The van der Waals surface area contributed by atoms with Gasteiger partial charge in [0.1, 0.15) is 17.2 Å². The minimum absolute atomic E-state index is 0.304. The highest BCUT2D eigenvalue weighted by Gasteiger charge is 2.55. The molecule has 0 aliphatic rings. The van der Waals surface area contributed by atoms with Crippen molar-refractivity contribution in [2.24, 2.45) is 0 Å². The molecule has 0 N–H and O–H groups in total. The van der Waals surface area contributed by atoms with Crippen LogP contribution in [0.25, 0.3) is 0 Å². The Morgan fingerprint density at radius 2 is 0.655 bits per heavy atom. The van der Waals surface area contributed by atoms with Gasteiger partial charge in [0.05, 0.1) is 0 Å². The molecule has 0 amide bonds. The van der Waals surface area contributed by atoms with E-state index in [0.29, 0.717) is 34.0 Å². The van der Waals surface area contributed by atoms with Gasteiger partial charge in [-0.15, -0.1) is 0 Å². The average Bonchev–Trinajstić information content (AvgIpc) is 3.12. The lowest BCUT2D eigenvalue weighted by molar-refractivity contribution is -0.130. The van der Waals surface area contributed by atoms with Crippen LogP contribution in [-0.2, 0) is 26.7 Å². The first-order valence-corrected chi connectivity index (χ1v) is 28.2. The standard InChI is InChI=1S/C42H50O9Si4/c1-30(2)40(43)46-33-18-24-36(25-19-33)52(7,8)49-55(39-16-14-13-15-17-39,50-53(9,10)37-26-20-34(21-27-37)47-41(44)31(3)4)51-54(11,12)38-28-22-35(23-29-38)48-42(45)32(5)6/h13-29H,1,3,5H2,2,4,6-12H3. The Kier molecular flexibility index (Phi) is 13.6. The average molecular weight is 811 g/mol. The summed E-state index contributed by atoms with van der Waals surface area (Å²) >= 11 is 0. The molecule has 0 aromatic heterocycles. The monoisotopic (exact) mass is 810 g/mol. The summed E-state index contributed by atoms with van der Waals surface area (Å²) in [5.74, 6) is -0.295. The summed E-state index contributed by atoms with van der Waals surface area (Å²) in [6, 6.07) is 31.8. The van der Waals surface area contributed by atoms with E-state index in [4.69, 9.17) is 26.6 Å². The van der Waals surface area contributed by atoms with Gasteiger partial charge in [0.2, 0.25) is 25.0 Å². The second-order valence-corrected chi connectivity index (χ2v) is 29.8. The number of carbonyl (C=O) groups is 3. The highest BCUT2D eigenvalue weighted by molar-refractivity contribution is 7.02. The van der Waals surface area contributed by atoms with Crippen LogP contribution in [0.3, 0.4) is 0 Å². The smallest absolute Gasteiger partial charge is 0.423 e. The zero-order valence-electron chi connectivity index (χ0n) is 33.1. The number of carbonyl (C=O) groups excluding carboxylic acids is 3. The topological polar surface area (TPSA) is 107 Å². The van der Waals surface area contributed by atoms with E-state index in [-0.39, 0.29) is 0 Å². The summed E-state index contributed by atoms with van der Waals surface area (Å²) < 4.78 is 38.9. The Balaban J connectivity index is 1.82. The molecule has 0 unspecified atom stereocenters. The first-order valence-electron chi connectivity index (χ1n) is 17.7. The van der Waals surface area contributed by atoms with Gasteiger partial charge in [0, 0.05) is 21.9 Å². The van der Waals surface area contributed by atoms with Crippen LogP contribution in [0.1, 0.15) is 20.8 Å². The maximum atomic E-state index is 12.2. The summed E-state index contributed by atoms with van der Waals surface area (Å²) in [6.45, 7) is 28.4. The van der Waals surface area contributed by atoms with Gasteiger partial charge in [-0.1, -0.05) is 86.5 Å². The Morgan fingerprint density at radius 3 is 0.891 bits per heavy atom. The number of hydrogen-bond acceptors (Lipinski definition) is 9. The van der Waals surface area contributed by atoms with Crippen molar-refractivity contribution in [3.8, 4) is 17.2 Å². The van der Waals surface area contributed by atoms with E-state index in [1.54, 1.807) is 57.2 Å². The quantitative estimate of drug-likeness (QED) is 0.0532. The fourth-order valence-electron chi connectivity index (χ4n) is 5.42. The third-order valence-electron chi connectivity index (χ3n) is 8.62. The third-order valence-corrected chi connectivity index (χ3v) is 24.2. The molecular weight excluding hydrogens is 761 g/mol. The van der Waals surface area contributed by atoms with E-state index in [1.165, 1.54) is 0 Å². The van der Waals surface area contributed by atoms with Crippen LogP contribution in [0.15, 0.2) is 140 Å². The first kappa shape index (κ1) is 43.0. The van der Waals surface area contributed by atoms with Gasteiger partial charge in [-0.25, -0.2) is 14.4 Å². The molecule has 0 heterocycles. The van der Waals surface area contributed by atoms with Gasteiger partial charge in [-0.3, -0.25) is 0 Å². The van der Waals surface area contributed by atoms with Gasteiger partial charge < -0.3 is 26.6 Å². The highest BCUT2D eigenvalue weighted by atomic mass is 28.5. The van der Waals surface area contributed by atoms with Crippen molar-refractivity contribution < 1.29 is 40.9 Å². The Bertz CT molecular complexity index is 1850. The van der Waals surface area contributed by atoms with Gasteiger partial charge in [0.15, 0.2) is 0 Å². The largest absolute Gasteiger partial charge is 0.506 e. The maximum Gasteiger partial charge on any atom is 0.506 e. The van der Waals surface area contributed by atoms with E-state index in [9.17, 15) is 14.4 Å². The molecule has 4 aromatic rings. The summed E-state index contributed by atoms with van der Waals surface area (Å²) in [6.07, 6.45) is 0. The Hall–Kier alpha value is -4.74. The van der Waals surface area contributed by atoms with Crippen LogP contribution >= 0.6 is 0 Å². The summed E-state index contributed by atoms with van der Waals surface area (Å²) in [5.41, 5.74) is 0.913. The fourth-order valence-corrected chi connectivity index (χ4v) is 21.4. The van der Waals surface area contributed by atoms with E-state index in [0.717, 1.165) is 20.7 Å². The minimum atomic E-state index is -3.90. The van der Waals surface area contributed by atoms with Crippen molar-refractivity contribution in [1.29, 1.82) is 0 Å². The molecule has 0 spiro atoms. The molecule has 4 rings (SSSR count). The molecule has 0 aliphatic carbocycles. The normalized spacial score (nSPS) is 12.0. The molecule has 0 fully saturated rings. The van der Waals surface area contributed by atoms with E-state index >= 15 is 0 Å². The summed E-state index contributed by atoms with van der Waals surface area (Å²) in [7, 11) is -12.6. The number of benzene rings is 4. The predicted molar refractivity (Wildman–Crippen MR) is 227 cm³/mol. The molecule has 0 radical (unpaired) electrons. The molecule has 55 heavy (non-hydrogen) atoms. The Labute approximate surface area is 329 Å². The lowest BCUT2D eigenvalue weighted by Gasteiger charge is -2.45. The van der Waals surface area contributed by atoms with E-state index in [2.05, 4.69) is 59.0 Å². The molecular formula is C42H50O9Si4. The van der Waals surface area contributed by atoms with Gasteiger partial charge in [-0.05, 0) is 112 Å². The van der Waals surface area contributed by atoms with Crippen molar-refractivity contribution in [3.05, 3.63) is 140 Å². The zero-order valence-corrected chi connectivity index (χ0v) is 37.1. The van der Waals surface area contributed by atoms with Gasteiger partial charge >= 0.3 is 26.7 Å². The van der Waals surface area contributed by atoms with Gasteiger partial charge in [0.25, 0.3) is 0 Å². The molecule has 0 bridgehead atoms. The molecule has 0 aliphatic heterocycles. The predicted octanol–water partition coefficient (Wildman–Crippen LogP) is 6.66.